The molecule has 3 rings (SSSR count). The third-order valence-corrected chi connectivity index (χ3v) is 12.0. The van der Waals surface area contributed by atoms with Crippen molar-refractivity contribution in [1.82, 2.24) is 0 Å². The molecule has 0 bridgehead atoms. The highest BCUT2D eigenvalue weighted by molar-refractivity contribution is 9.10. The van der Waals surface area contributed by atoms with E-state index in [4.69, 9.17) is 4.43 Å². The minimum absolute atomic E-state index is 0.228. The molecule has 0 radical (unpaired) electrons. The Bertz CT molecular complexity index is 978. The number of hydrogen-bond donors (Lipinski definition) is 0. The molecule has 1 nitrogen and oxygen atoms in total. The van der Waals surface area contributed by atoms with Gasteiger partial charge in [-0.1, -0.05) is 85.2 Å². The second kappa shape index (κ2) is 9.38. The Hall–Kier alpha value is -1.07. The van der Waals surface area contributed by atoms with Crippen LogP contribution in [0.15, 0.2) is 70.0 Å². The molecule has 0 aliphatic heterocycles. The van der Waals surface area contributed by atoms with Gasteiger partial charge in [0.15, 0.2) is 8.32 Å². The van der Waals surface area contributed by atoms with Crippen LogP contribution in [-0.2, 0) is 17.5 Å². The summed E-state index contributed by atoms with van der Waals surface area (Å²) in [4.78, 5) is 1.32. The number of fused-ring (bicyclic) bond motifs is 1. The Balaban J connectivity index is 1.66. The first kappa shape index (κ1) is 22.6. The average Bonchev–Trinajstić information content (AvgIpc) is 2.66. The van der Waals surface area contributed by atoms with Crippen LogP contribution in [0.4, 0.5) is 0 Å². The minimum Gasteiger partial charge on any atom is -0.413 e. The van der Waals surface area contributed by atoms with Crippen LogP contribution in [0.2, 0.25) is 18.1 Å². The van der Waals surface area contributed by atoms with Crippen LogP contribution < -0.4 is 0 Å². The van der Waals surface area contributed by atoms with Gasteiger partial charge in [0, 0.05) is 15.1 Å². The van der Waals surface area contributed by atoms with Gasteiger partial charge >= 0.3 is 0 Å². The Morgan fingerprint density at radius 1 is 0.931 bits per heavy atom. The molecule has 154 valence electrons. The maximum Gasteiger partial charge on any atom is 0.192 e. The van der Waals surface area contributed by atoms with Crippen LogP contribution in [0.3, 0.4) is 0 Å². The van der Waals surface area contributed by atoms with Gasteiger partial charge in [0.25, 0.3) is 0 Å². The second-order valence-corrected chi connectivity index (χ2v) is 15.9. The van der Waals surface area contributed by atoms with Gasteiger partial charge in [-0.25, -0.2) is 0 Å². The van der Waals surface area contributed by atoms with Crippen molar-refractivity contribution >= 4 is 46.8 Å². The summed E-state index contributed by atoms with van der Waals surface area (Å²) in [5, 5.41) is 2.85. The fraction of sp³-hybridized carbons (Fsp3) is 0.360. The van der Waals surface area contributed by atoms with E-state index in [0.29, 0.717) is 6.61 Å². The number of halogens is 1. The normalized spacial score (nSPS) is 12.5. The van der Waals surface area contributed by atoms with E-state index < -0.39 is 8.32 Å². The van der Waals surface area contributed by atoms with Gasteiger partial charge < -0.3 is 4.43 Å². The zero-order valence-electron chi connectivity index (χ0n) is 18.1. The molecule has 0 atom stereocenters. The minimum atomic E-state index is -1.76. The molecule has 0 heterocycles. The number of thioether (sulfide) groups is 1. The topological polar surface area (TPSA) is 9.23 Å². The van der Waals surface area contributed by atoms with Crippen LogP contribution in [0.25, 0.3) is 10.8 Å². The summed E-state index contributed by atoms with van der Waals surface area (Å²) < 4.78 is 7.61. The SMILES string of the molecule is CC(C)(C)[Si](C)(C)OCc1ccc(Br)cc1SCCc1ccc2ccccc2c1. The summed E-state index contributed by atoms with van der Waals surface area (Å²) in [7, 11) is -1.76. The van der Waals surface area contributed by atoms with Gasteiger partial charge in [-0.15, -0.1) is 11.8 Å². The van der Waals surface area contributed by atoms with Gasteiger partial charge in [-0.2, -0.15) is 0 Å². The molecule has 0 saturated carbocycles. The van der Waals surface area contributed by atoms with Crippen LogP contribution in [0.1, 0.15) is 31.9 Å². The first-order valence-electron chi connectivity index (χ1n) is 10.2. The predicted molar refractivity (Wildman–Crippen MR) is 135 cm³/mol. The molecular formula is C25H31BrOSSi. The van der Waals surface area contributed by atoms with E-state index in [9.17, 15) is 0 Å². The molecule has 3 aromatic carbocycles. The Morgan fingerprint density at radius 2 is 1.66 bits per heavy atom. The lowest BCUT2D eigenvalue weighted by atomic mass is 10.1. The van der Waals surface area contributed by atoms with Crippen LogP contribution >= 0.6 is 27.7 Å². The smallest absolute Gasteiger partial charge is 0.192 e. The number of aryl methyl sites for hydroxylation is 1. The van der Waals surface area contributed by atoms with Crippen molar-refractivity contribution in [2.45, 2.75) is 56.8 Å². The highest BCUT2D eigenvalue weighted by Gasteiger charge is 2.37. The third-order valence-electron chi connectivity index (χ3n) is 5.89. The monoisotopic (exact) mass is 486 g/mol. The number of hydrogen-bond acceptors (Lipinski definition) is 2. The molecule has 0 unspecified atom stereocenters. The third kappa shape index (κ3) is 5.97. The zero-order valence-corrected chi connectivity index (χ0v) is 21.5. The van der Waals surface area contributed by atoms with Gasteiger partial charge in [0.1, 0.15) is 0 Å². The molecule has 0 amide bonds. The standard InChI is InChI=1S/C25H31BrOSSi/c1-25(2,3)29(4,5)27-18-22-12-13-23(26)17-24(22)28-15-14-19-10-11-20-8-6-7-9-21(20)16-19/h6-13,16-17H,14-15,18H2,1-5H3. The van der Waals surface area contributed by atoms with Crippen molar-refractivity contribution in [3.05, 3.63) is 76.3 Å². The second-order valence-electron chi connectivity index (χ2n) is 9.08. The van der Waals surface area contributed by atoms with Crippen molar-refractivity contribution in [2.24, 2.45) is 0 Å². The Kier molecular flexibility index (Phi) is 7.31. The summed E-state index contributed by atoms with van der Waals surface area (Å²) in [6, 6.07) is 21.9. The number of benzene rings is 3. The fourth-order valence-electron chi connectivity index (χ4n) is 2.93. The van der Waals surface area contributed by atoms with Crippen LogP contribution in [0.5, 0.6) is 0 Å². The van der Waals surface area contributed by atoms with Crippen molar-refractivity contribution in [3.63, 3.8) is 0 Å². The zero-order chi connectivity index (χ0) is 21.1. The van der Waals surface area contributed by atoms with Gasteiger partial charge in [-0.05, 0) is 58.6 Å². The van der Waals surface area contributed by atoms with E-state index in [1.807, 2.05) is 11.8 Å². The molecule has 0 fully saturated rings. The number of rotatable bonds is 7. The molecule has 0 N–H and O–H groups in total. The van der Waals surface area contributed by atoms with E-state index in [1.165, 1.54) is 26.8 Å². The van der Waals surface area contributed by atoms with E-state index >= 15 is 0 Å². The van der Waals surface area contributed by atoms with Crippen LogP contribution in [0, 0.1) is 0 Å². The first-order chi connectivity index (χ1) is 13.7. The molecule has 0 aliphatic carbocycles. The molecule has 4 heteroatoms. The maximum absolute atomic E-state index is 6.48. The highest BCUT2D eigenvalue weighted by atomic mass is 79.9. The van der Waals surface area contributed by atoms with Crippen LogP contribution in [-0.4, -0.2) is 14.1 Å². The quantitative estimate of drug-likeness (QED) is 0.244. The Labute approximate surface area is 189 Å². The van der Waals surface area contributed by atoms with Crippen molar-refractivity contribution in [2.75, 3.05) is 5.75 Å². The molecular weight excluding hydrogens is 456 g/mol. The lowest BCUT2D eigenvalue weighted by molar-refractivity contribution is 0.274. The van der Waals surface area contributed by atoms with E-state index in [1.54, 1.807) is 0 Å². The van der Waals surface area contributed by atoms with Gasteiger partial charge in [0.2, 0.25) is 0 Å². The molecule has 29 heavy (non-hydrogen) atoms. The Morgan fingerprint density at radius 3 is 2.38 bits per heavy atom. The lowest BCUT2D eigenvalue weighted by Crippen LogP contribution is -2.40. The summed E-state index contributed by atoms with van der Waals surface area (Å²) in [6.45, 7) is 12.2. The molecule has 3 aromatic rings. The first-order valence-corrected chi connectivity index (χ1v) is 14.9. The van der Waals surface area contributed by atoms with E-state index in [-0.39, 0.29) is 5.04 Å². The summed E-state index contributed by atoms with van der Waals surface area (Å²) in [5.74, 6) is 1.06. The van der Waals surface area contributed by atoms with Crippen molar-refractivity contribution in [1.29, 1.82) is 0 Å². The molecule has 0 aromatic heterocycles. The maximum atomic E-state index is 6.48. The largest absolute Gasteiger partial charge is 0.413 e. The fourth-order valence-corrected chi connectivity index (χ4v) is 5.47. The van der Waals surface area contributed by atoms with E-state index in [2.05, 4.69) is 110 Å². The average molecular weight is 488 g/mol. The lowest BCUT2D eigenvalue weighted by Gasteiger charge is -2.36. The van der Waals surface area contributed by atoms with Crippen molar-refractivity contribution < 1.29 is 4.43 Å². The predicted octanol–water partition coefficient (Wildman–Crippen LogP) is 8.46. The molecule has 0 saturated heterocycles. The van der Waals surface area contributed by atoms with Gasteiger partial charge in [0.05, 0.1) is 6.61 Å². The molecule has 0 aliphatic rings. The summed E-state index contributed by atoms with van der Waals surface area (Å²) in [5.41, 5.74) is 2.69. The molecule has 0 spiro atoms. The van der Waals surface area contributed by atoms with Crippen molar-refractivity contribution in [3.8, 4) is 0 Å². The van der Waals surface area contributed by atoms with Gasteiger partial charge in [-0.3, -0.25) is 0 Å². The summed E-state index contributed by atoms with van der Waals surface area (Å²) in [6.07, 6.45) is 1.06. The highest BCUT2D eigenvalue weighted by Crippen LogP contribution is 2.38. The summed E-state index contributed by atoms with van der Waals surface area (Å²) >= 11 is 5.56. The van der Waals surface area contributed by atoms with E-state index in [0.717, 1.165) is 16.6 Å².